The minimum atomic E-state index is -0.516. The smallest absolute Gasteiger partial charge is 0.434 e. The van der Waals surface area contributed by atoms with Crippen LogP contribution in [0.5, 0.6) is 0 Å². The summed E-state index contributed by atoms with van der Waals surface area (Å²) in [6.07, 6.45) is 12.8. The fourth-order valence-corrected chi connectivity index (χ4v) is 9.70. The summed E-state index contributed by atoms with van der Waals surface area (Å²) in [6, 6.07) is 0. The molecule has 1 heterocycles. The van der Waals surface area contributed by atoms with Gasteiger partial charge in [-0.15, -0.1) is 0 Å². The molecule has 152 valence electrons. The van der Waals surface area contributed by atoms with E-state index >= 15 is 0 Å². The number of rotatable bonds is 3. The highest BCUT2D eigenvalue weighted by Crippen LogP contribution is 2.76. The van der Waals surface area contributed by atoms with Crippen molar-refractivity contribution in [1.82, 2.24) is 0 Å². The van der Waals surface area contributed by atoms with Gasteiger partial charge in [-0.2, -0.15) is 0 Å². The Morgan fingerprint density at radius 2 is 1.71 bits per heavy atom. The summed E-state index contributed by atoms with van der Waals surface area (Å²) in [6.45, 7) is 1.25. The van der Waals surface area contributed by atoms with Crippen LogP contribution in [0.15, 0.2) is 12.2 Å². The average molecular weight is 385 g/mol. The number of ether oxygens (including phenoxy) is 3. The van der Waals surface area contributed by atoms with E-state index in [0.29, 0.717) is 19.1 Å². The molecule has 6 aliphatic carbocycles. The van der Waals surface area contributed by atoms with Crippen LogP contribution in [-0.4, -0.2) is 25.7 Å². The van der Waals surface area contributed by atoms with Crippen LogP contribution in [0.25, 0.3) is 0 Å². The van der Waals surface area contributed by atoms with Crippen molar-refractivity contribution in [1.29, 1.82) is 0 Å². The molecule has 0 aromatic carbocycles. The van der Waals surface area contributed by atoms with Crippen molar-refractivity contribution in [2.75, 3.05) is 13.2 Å². The van der Waals surface area contributed by atoms with E-state index in [2.05, 4.69) is 12.2 Å². The second-order valence-electron chi connectivity index (χ2n) is 11.0. The maximum atomic E-state index is 12.1. The van der Waals surface area contributed by atoms with Crippen molar-refractivity contribution in [3.05, 3.63) is 12.2 Å². The summed E-state index contributed by atoms with van der Waals surface area (Å²) >= 11 is 0. The van der Waals surface area contributed by atoms with E-state index in [-0.39, 0.29) is 6.29 Å². The lowest BCUT2D eigenvalue weighted by atomic mass is 9.59. The Hall–Kier alpha value is -1.03. The maximum Gasteiger partial charge on any atom is 0.510 e. The van der Waals surface area contributed by atoms with Crippen LogP contribution in [0.1, 0.15) is 44.9 Å². The number of carbonyl (C=O) groups is 1. The molecule has 0 amide bonds. The molecule has 28 heavy (non-hydrogen) atoms. The minimum absolute atomic E-state index is 0.390. The number of allylic oxidation sites excluding steroid dienone is 2. The fourth-order valence-electron chi connectivity index (χ4n) is 9.70. The summed E-state index contributed by atoms with van der Waals surface area (Å²) in [5.74, 6) is 10.0. The van der Waals surface area contributed by atoms with Gasteiger partial charge in [-0.3, -0.25) is 0 Å². The molecule has 0 aromatic heterocycles. The monoisotopic (exact) mass is 384 g/mol. The van der Waals surface area contributed by atoms with Gasteiger partial charge in [-0.05, 0) is 104 Å². The molecule has 0 aromatic rings. The highest BCUT2D eigenvalue weighted by Gasteiger charge is 2.70. The maximum absolute atomic E-state index is 12.1. The van der Waals surface area contributed by atoms with Crippen LogP contribution >= 0.6 is 0 Å². The van der Waals surface area contributed by atoms with Gasteiger partial charge < -0.3 is 14.2 Å². The molecule has 6 fully saturated rings. The molecule has 4 heteroatoms. The van der Waals surface area contributed by atoms with Gasteiger partial charge in [0.05, 0.1) is 13.2 Å². The summed E-state index contributed by atoms with van der Waals surface area (Å²) in [5, 5.41) is 0. The molecule has 5 saturated carbocycles. The Balaban J connectivity index is 1.01. The van der Waals surface area contributed by atoms with E-state index in [1.54, 1.807) is 0 Å². The van der Waals surface area contributed by atoms with Crippen molar-refractivity contribution in [3.63, 3.8) is 0 Å². The van der Waals surface area contributed by atoms with E-state index in [4.69, 9.17) is 14.2 Å². The van der Waals surface area contributed by atoms with E-state index < -0.39 is 6.16 Å². The molecule has 7 rings (SSSR count). The average Bonchev–Trinajstić information content (AvgIpc) is 3.53. The molecule has 0 N–H and O–H groups in total. The lowest BCUT2D eigenvalue weighted by molar-refractivity contribution is -0.143. The topological polar surface area (TPSA) is 44.8 Å². The minimum Gasteiger partial charge on any atom is -0.434 e. The predicted octanol–water partition coefficient (Wildman–Crippen LogP) is 4.64. The third-order valence-corrected chi connectivity index (χ3v) is 10.2. The van der Waals surface area contributed by atoms with Crippen molar-refractivity contribution in [2.45, 2.75) is 51.2 Å². The molecular formula is C24H32O4. The third-order valence-electron chi connectivity index (χ3n) is 10.2. The predicted molar refractivity (Wildman–Crippen MR) is 102 cm³/mol. The van der Waals surface area contributed by atoms with Crippen molar-refractivity contribution >= 4 is 6.16 Å². The number of hydrogen-bond donors (Lipinski definition) is 0. The highest BCUT2D eigenvalue weighted by molar-refractivity contribution is 5.60. The summed E-state index contributed by atoms with van der Waals surface area (Å²) < 4.78 is 16.5. The van der Waals surface area contributed by atoms with Gasteiger partial charge in [0.2, 0.25) is 6.29 Å². The molecule has 12 atom stereocenters. The molecule has 1 saturated heterocycles. The fraction of sp³-hybridized carbons (Fsp3) is 0.875. The van der Waals surface area contributed by atoms with Crippen LogP contribution in [0.3, 0.4) is 0 Å². The Kier molecular flexibility index (Phi) is 3.58. The second-order valence-corrected chi connectivity index (χ2v) is 11.0. The Morgan fingerprint density at radius 3 is 2.50 bits per heavy atom. The molecule has 1 aliphatic heterocycles. The standard InChI is InChI=1S/C24H32O4/c25-24(28-19-3-1-2-6-26-19)27-11-15-8-14-9-16(15)23-18-10-17(22(14)23)20-12-4-5-13(7-12)21(18)20/h4-5,12-23H,1-3,6-11H2. The summed E-state index contributed by atoms with van der Waals surface area (Å²) in [4.78, 5) is 12.1. The Bertz CT molecular complexity index is 697. The van der Waals surface area contributed by atoms with Gasteiger partial charge in [0.25, 0.3) is 0 Å². The molecule has 12 unspecified atom stereocenters. The summed E-state index contributed by atoms with van der Waals surface area (Å²) in [5.41, 5.74) is 0. The third kappa shape index (κ3) is 2.19. The molecule has 6 bridgehead atoms. The van der Waals surface area contributed by atoms with Crippen LogP contribution in [-0.2, 0) is 14.2 Å². The number of fused-ring (bicyclic) bond motifs is 16. The van der Waals surface area contributed by atoms with Gasteiger partial charge >= 0.3 is 6.16 Å². The zero-order valence-corrected chi connectivity index (χ0v) is 16.6. The Morgan fingerprint density at radius 1 is 0.893 bits per heavy atom. The Labute approximate surface area is 167 Å². The first-order chi connectivity index (χ1) is 13.8. The van der Waals surface area contributed by atoms with Gasteiger partial charge in [0, 0.05) is 6.42 Å². The number of carbonyl (C=O) groups excluding carboxylic acids is 1. The van der Waals surface area contributed by atoms with E-state index in [9.17, 15) is 4.79 Å². The molecule has 0 spiro atoms. The summed E-state index contributed by atoms with van der Waals surface area (Å²) in [7, 11) is 0. The highest BCUT2D eigenvalue weighted by atomic mass is 16.8. The van der Waals surface area contributed by atoms with Gasteiger partial charge in [-0.25, -0.2) is 4.79 Å². The van der Waals surface area contributed by atoms with E-state index in [0.717, 1.165) is 78.4 Å². The van der Waals surface area contributed by atoms with Gasteiger partial charge in [0.15, 0.2) is 0 Å². The lowest BCUT2D eigenvalue weighted by Gasteiger charge is -2.45. The quantitative estimate of drug-likeness (QED) is 0.404. The SMILES string of the molecule is O=C(OCC1CC2CC1C1C3CC(C4C5C=CC(C5)C34)C21)OC1CCCCO1. The normalized spacial score (nSPS) is 56.9. The van der Waals surface area contributed by atoms with Crippen LogP contribution in [0.4, 0.5) is 4.79 Å². The van der Waals surface area contributed by atoms with Crippen LogP contribution < -0.4 is 0 Å². The van der Waals surface area contributed by atoms with Crippen LogP contribution in [0, 0.1) is 65.1 Å². The van der Waals surface area contributed by atoms with Gasteiger partial charge in [0.1, 0.15) is 0 Å². The first-order valence-electron chi connectivity index (χ1n) is 11.9. The first-order valence-corrected chi connectivity index (χ1v) is 11.9. The molecule has 7 aliphatic rings. The van der Waals surface area contributed by atoms with Crippen LogP contribution in [0.2, 0.25) is 0 Å². The van der Waals surface area contributed by atoms with E-state index in [1.165, 1.54) is 25.7 Å². The number of hydrogen-bond acceptors (Lipinski definition) is 4. The van der Waals surface area contributed by atoms with Gasteiger partial charge in [-0.1, -0.05) is 12.2 Å². The van der Waals surface area contributed by atoms with Crippen molar-refractivity contribution < 1.29 is 19.0 Å². The van der Waals surface area contributed by atoms with Crippen molar-refractivity contribution in [2.24, 2.45) is 65.1 Å². The lowest BCUT2D eigenvalue weighted by Crippen LogP contribution is -2.42. The van der Waals surface area contributed by atoms with E-state index in [1.807, 2.05) is 0 Å². The molecule has 0 radical (unpaired) electrons. The second kappa shape index (κ2) is 6.00. The zero-order valence-electron chi connectivity index (χ0n) is 16.6. The molecule has 4 nitrogen and oxygen atoms in total. The van der Waals surface area contributed by atoms with Crippen molar-refractivity contribution in [3.8, 4) is 0 Å². The molecular weight excluding hydrogens is 352 g/mol. The largest absolute Gasteiger partial charge is 0.510 e. The first kappa shape index (κ1) is 16.7. The zero-order chi connectivity index (χ0) is 18.4.